The van der Waals surface area contributed by atoms with Crippen LogP contribution in [-0.2, 0) is 4.74 Å². The van der Waals surface area contributed by atoms with Gasteiger partial charge in [0, 0.05) is 38.3 Å². The number of hydrogen-bond acceptors (Lipinski definition) is 7. The Labute approximate surface area is 146 Å². The van der Waals surface area contributed by atoms with Crippen molar-refractivity contribution in [3.05, 3.63) is 41.7 Å². The van der Waals surface area contributed by atoms with Crippen LogP contribution in [0.4, 0.5) is 17.5 Å². The minimum Gasteiger partial charge on any atom is -0.385 e. The zero-order valence-electron chi connectivity index (χ0n) is 14.7. The molecule has 0 aliphatic heterocycles. The third-order valence-electron chi connectivity index (χ3n) is 3.78. The van der Waals surface area contributed by atoms with E-state index in [0.717, 1.165) is 24.2 Å². The third-order valence-corrected chi connectivity index (χ3v) is 3.78. The number of nitrogens with one attached hydrogen (secondary N) is 2. The molecular formula is C18H22N6O. The number of aromatic nitrogens is 4. The summed E-state index contributed by atoms with van der Waals surface area (Å²) in [6, 6.07) is 6.23. The van der Waals surface area contributed by atoms with Crippen LogP contribution in [0.1, 0.15) is 17.5 Å². The normalized spacial score (nSPS) is 10.8. The highest BCUT2D eigenvalue weighted by atomic mass is 16.5. The van der Waals surface area contributed by atoms with Crippen molar-refractivity contribution in [2.24, 2.45) is 0 Å². The molecule has 0 fully saturated rings. The standard InChI is InChI=1S/C18H22N6O/c1-12-5-6-14(13(2)11-12)22-17-15-16(20-9-8-19-15)23-18(24-17)21-7-4-10-25-3/h5-6,8-9,11H,4,7,10H2,1-3H3,(H2,20,21,22,23,24). The zero-order valence-corrected chi connectivity index (χ0v) is 14.7. The van der Waals surface area contributed by atoms with Crippen LogP contribution in [0, 0.1) is 13.8 Å². The lowest BCUT2D eigenvalue weighted by atomic mass is 10.1. The van der Waals surface area contributed by atoms with Crippen molar-refractivity contribution in [1.82, 2.24) is 19.9 Å². The van der Waals surface area contributed by atoms with Crippen LogP contribution in [0.15, 0.2) is 30.6 Å². The first-order valence-corrected chi connectivity index (χ1v) is 8.23. The summed E-state index contributed by atoms with van der Waals surface area (Å²) in [5, 5.41) is 6.58. The van der Waals surface area contributed by atoms with Gasteiger partial charge in [-0.1, -0.05) is 17.7 Å². The molecule has 2 N–H and O–H groups in total. The molecule has 2 aromatic heterocycles. The van der Waals surface area contributed by atoms with E-state index in [2.05, 4.69) is 56.5 Å². The fourth-order valence-electron chi connectivity index (χ4n) is 2.53. The van der Waals surface area contributed by atoms with Crippen LogP contribution in [0.3, 0.4) is 0 Å². The molecule has 130 valence electrons. The number of rotatable bonds is 7. The number of benzene rings is 1. The summed E-state index contributed by atoms with van der Waals surface area (Å²) < 4.78 is 5.06. The summed E-state index contributed by atoms with van der Waals surface area (Å²) in [5.41, 5.74) is 4.55. The molecule has 0 saturated heterocycles. The van der Waals surface area contributed by atoms with Crippen molar-refractivity contribution in [1.29, 1.82) is 0 Å². The lowest BCUT2D eigenvalue weighted by Gasteiger charge is -2.12. The molecule has 0 unspecified atom stereocenters. The maximum atomic E-state index is 5.06. The van der Waals surface area contributed by atoms with Crippen molar-refractivity contribution in [2.75, 3.05) is 30.9 Å². The molecule has 25 heavy (non-hydrogen) atoms. The molecule has 0 bridgehead atoms. The molecule has 7 heteroatoms. The number of anilines is 3. The summed E-state index contributed by atoms with van der Waals surface area (Å²) in [6.45, 7) is 5.55. The van der Waals surface area contributed by atoms with Gasteiger partial charge in [0.15, 0.2) is 17.0 Å². The van der Waals surface area contributed by atoms with Gasteiger partial charge in [0.2, 0.25) is 5.95 Å². The predicted molar refractivity (Wildman–Crippen MR) is 99.3 cm³/mol. The van der Waals surface area contributed by atoms with E-state index in [-0.39, 0.29) is 0 Å². The topological polar surface area (TPSA) is 84.9 Å². The zero-order chi connectivity index (χ0) is 17.6. The van der Waals surface area contributed by atoms with E-state index < -0.39 is 0 Å². The van der Waals surface area contributed by atoms with E-state index in [1.807, 2.05) is 6.07 Å². The summed E-state index contributed by atoms with van der Waals surface area (Å²) in [7, 11) is 1.69. The largest absolute Gasteiger partial charge is 0.385 e. The molecule has 0 spiro atoms. The lowest BCUT2D eigenvalue weighted by Crippen LogP contribution is -2.10. The highest BCUT2D eigenvalue weighted by Gasteiger charge is 2.11. The second kappa shape index (κ2) is 7.85. The fraction of sp³-hybridized carbons (Fsp3) is 0.333. The average molecular weight is 338 g/mol. The fourth-order valence-corrected chi connectivity index (χ4v) is 2.53. The van der Waals surface area contributed by atoms with Gasteiger partial charge in [-0.15, -0.1) is 0 Å². The smallest absolute Gasteiger partial charge is 0.226 e. The number of methoxy groups -OCH3 is 1. The number of fused-ring (bicyclic) bond motifs is 1. The maximum absolute atomic E-state index is 5.06. The first-order valence-electron chi connectivity index (χ1n) is 8.23. The highest BCUT2D eigenvalue weighted by molar-refractivity contribution is 5.86. The Morgan fingerprint density at radius 3 is 2.72 bits per heavy atom. The van der Waals surface area contributed by atoms with Gasteiger partial charge in [-0.05, 0) is 31.9 Å². The summed E-state index contributed by atoms with van der Waals surface area (Å²) in [4.78, 5) is 17.7. The van der Waals surface area contributed by atoms with Crippen molar-refractivity contribution in [3.63, 3.8) is 0 Å². The summed E-state index contributed by atoms with van der Waals surface area (Å²) >= 11 is 0. The van der Waals surface area contributed by atoms with E-state index in [4.69, 9.17) is 4.74 Å². The van der Waals surface area contributed by atoms with Crippen LogP contribution in [0.5, 0.6) is 0 Å². The maximum Gasteiger partial charge on any atom is 0.226 e. The van der Waals surface area contributed by atoms with Gasteiger partial charge >= 0.3 is 0 Å². The van der Waals surface area contributed by atoms with E-state index in [1.165, 1.54) is 5.56 Å². The van der Waals surface area contributed by atoms with Gasteiger partial charge in [0.1, 0.15) is 0 Å². The van der Waals surface area contributed by atoms with Crippen LogP contribution in [0.2, 0.25) is 0 Å². The minimum atomic E-state index is 0.524. The number of ether oxygens (including phenoxy) is 1. The van der Waals surface area contributed by atoms with Gasteiger partial charge in [0.25, 0.3) is 0 Å². The molecule has 7 nitrogen and oxygen atoms in total. The third kappa shape index (κ3) is 4.19. The van der Waals surface area contributed by atoms with Gasteiger partial charge in [-0.25, -0.2) is 9.97 Å². The van der Waals surface area contributed by atoms with Gasteiger partial charge in [0.05, 0.1) is 0 Å². The SMILES string of the molecule is COCCCNc1nc(Nc2ccc(C)cc2C)c2nccnc2n1. The van der Waals surface area contributed by atoms with Gasteiger partial charge < -0.3 is 15.4 Å². The molecular weight excluding hydrogens is 316 g/mol. The second-order valence-corrected chi connectivity index (χ2v) is 5.84. The molecule has 0 aliphatic carbocycles. The van der Waals surface area contributed by atoms with E-state index in [9.17, 15) is 0 Å². The number of nitrogens with zero attached hydrogens (tertiary/aromatic N) is 4. The van der Waals surface area contributed by atoms with Crippen molar-refractivity contribution < 1.29 is 4.74 Å². The first kappa shape index (κ1) is 17.0. The van der Waals surface area contributed by atoms with Crippen LogP contribution in [-0.4, -0.2) is 40.2 Å². The highest BCUT2D eigenvalue weighted by Crippen LogP contribution is 2.25. The van der Waals surface area contributed by atoms with E-state index in [0.29, 0.717) is 29.5 Å². The average Bonchev–Trinajstić information content (AvgIpc) is 2.61. The Bertz CT molecular complexity index is 867. The Kier molecular flexibility index (Phi) is 5.35. The molecule has 0 saturated carbocycles. The quantitative estimate of drug-likeness (QED) is 0.640. The van der Waals surface area contributed by atoms with E-state index >= 15 is 0 Å². The summed E-state index contributed by atoms with van der Waals surface area (Å²) in [5.74, 6) is 1.16. The van der Waals surface area contributed by atoms with Crippen LogP contribution < -0.4 is 10.6 Å². The van der Waals surface area contributed by atoms with Gasteiger partial charge in [-0.2, -0.15) is 9.97 Å². The van der Waals surface area contributed by atoms with Crippen LogP contribution >= 0.6 is 0 Å². The molecule has 0 amide bonds. The second-order valence-electron chi connectivity index (χ2n) is 5.84. The van der Waals surface area contributed by atoms with Crippen molar-refractivity contribution in [3.8, 4) is 0 Å². The summed E-state index contributed by atoms with van der Waals surface area (Å²) in [6.07, 6.45) is 4.15. The van der Waals surface area contributed by atoms with Gasteiger partial charge in [-0.3, -0.25) is 0 Å². The minimum absolute atomic E-state index is 0.524. The Balaban J connectivity index is 1.91. The molecule has 3 rings (SSSR count). The van der Waals surface area contributed by atoms with Crippen molar-refractivity contribution in [2.45, 2.75) is 20.3 Å². The molecule has 0 radical (unpaired) electrons. The Morgan fingerprint density at radius 2 is 1.92 bits per heavy atom. The van der Waals surface area contributed by atoms with Crippen LogP contribution in [0.25, 0.3) is 11.2 Å². The predicted octanol–water partition coefficient (Wildman–Crippen LogP) is 3.23. The first-order chi connectivity index (χ1) is 12.2. The number of aryl methyl sites for hydroxylation is 2. The van der Waals surface area contributed by atoms with Crippen molar-refractivity contribution >= 4 is 28.6 Å². The lowest BCUT2D eigenvalue weighted by molar-refractivity contribution is 0.197. The molecule has 3 aromatic rings. The molecule has 1 aromatic carbocycles. The Hall–Kier alpha value is -2.80. The number of hydrogen-bond donors (Lipinski definition) is 2. The monoisotopic (exact) mass is 338 g/mol. The molecule has 2 heterocycles. The molecule has 0 atom stereocenters. The Morgan fingerprint density at radius 1 is 1.08 bits per heavy atom. The molecule has 0 aliphatic rings. The van der Waals surface area contributed by atoms with E-state index in [1.54, 1.807) is 19.5 Å².